The van der Waals surface area contributed by atoms with Crippen molar-refractivity contribution in [3.63, 3.8) is 0 Å². The Morgan fingerprint density at radius 2 is 2.17 bits per heavy atom. The number of ether oxygens (including phenoxy) is 1. The number of esters is 1. The van der Waals surface area contributed by atoms with Crippen LogP contribution in [-0.2, 0) is 9.53 Å². The van der Waals surface area contributed by atoms with E-state index in [9.17, 15) is 9.59 Å². The van der Waals surface area contributed by atoms with E-state index in [4.69, 9.17) is 16.3 Å². The fraction of sp³-hybridized carbons (Fsp3) is 0.556. The first-order valence-electron chi connectivity index (χ1n) is 8.35. The molecule has 4 nitrogen and oxygen atoms in total. The smallest absolute Gasteiger partial charge is 0.340 e. The van der Waals surface area contributed by atoms with Gasteiger partial charge in [-0.05, 0) is 62.1 Å². The minimum atomic E-state index is -0.593. The lowest BCUT2D eigenvalue weighted by Gasteiger charge is -2.28. The Labute approximate surface area is 155 Å². The monoisotopic (exact) mass is 413 g/mol. The molecular formula is C18H21BrClNO3. The van der Waals surface area contributed by atoms with Crippen molar-refractivity contribution in [1.29, 1.82) is 0 Å². The lowest BCUT2D eigenvalue weighted by molar-refractivity contribution is -0.125. The van der Waals surface area contributed by atoms with E-state index in [1.165, 1.54) is 25.7 Å². The Hall–Kier alpha value is -1.07. The van der Waals surface area contributed by atoms with Gasteiger partial charge < -0.3 is 10.1 Å². The summed E-state index contributed by atoms with van der Waals surface area (Å²) in [7, 11) is 0. The van der Waals surface area contributed by atoms with Crippen LogP contribution in [0, 0.1) is 17.8 Å². The van der Waals surface area contributed by atoms with Crippen molar-refractivity contribution in [2.75, 3.05) is 6.61 Å². The van der Waals surface area contributed by atoms with Crippen molar-refractivity contribution in [3.05, 3.63) is 33.3 Å². The zero-order chi connectivity index (χ0) is 17.3. The molecule has 0 heterocycles. The number of halogens is 2. The molecule has 1 amide bonds. The number of carbonyl (C=O) groups excluding carboxylic acids is 2. The first kappa shape index (κ1) is 17.7. The molecule has 1 aromatic rings. The second kappa shape index (κ2) is 7.44. The summed E-state index contributed by atoms with van der Waals surface area (Å²) in [5.41, 5.74) is 0.250. The molecular weight excluding hydrogens is 394 g/mol. The molecule has 2 aliphatic rings. The summed E-state index contributed by atoms with van der Waals surface area (Å²) in [5, 5.41) is 3.29. The highest BCUT2D eigenvalue weighted by atomic mass is 79.9. The fourth-order valence-corrected chi connectivity index (χ4v) is 4.73. The van der Waals surface area contributed by atoms with E-state index in [-0.39, 0.29) is 24.1 Å². The maximum Gasteiger partial charge on any atom is 0.340 e. The third-order valence-corrected chi connectivity index (χ3v) is 6.13. The Kier molecular flexibility index (Phi) is 5.50. The van der Waals surface area contributed by atoms with Crippen LogP contribution in [0.1, 0.15) is 43.0 Å². The number of nitrogens with one attached hydrogen (secondary N) is 1. The van der Waals surface area contributed by atoms with Crippen molar-refractivity contribution in [3.8, 4) is 0 Å². The quantitative estimate of drug-likeness (QED) is 0.735. The van der Waals surface area contributed by atoms with Gasteiger partial charge in [0.2, 0.25) is 0 Å². The maximum absolute atomic E-state index is 12.1. The number of benzene rings is 1. The predicted octanol–water partition coefficient (Wildman–Crippen LogP) is 4.20. The molecule has 0 spiro atoms. The highest BCUT2D eigenvalue weighted by molar-refractivity contribution is 9.10. The number of hydrogen-bond donors (Lipinski definition) is 1. The van der Waals surface area contributed by atoms with Crippen molar-refractivity contribution < 1.29 is 14.3 Å². The third-order valence-electron chi connectivity index (χ3n) is 5.31. The zero-order valence-corrected chi connectivity index (χ0v) is 15.9. The van der Waals surface area contributed by atoms with Gasteiger partial charge in [-0.2, -0.15) is 0 Å². The number of carbonyl (C=O) groups is 2. The van der Waals surface area contributed by atoms with Gasteiger partial charge in [0.1, 0.15) is 0 Å². The van der Waals surface area contributed by atoms with Gasteiger partial charge in [0.15, 0.2) is 6.61 Å². The van der Waals surface area contributed by atoms with Gasteiger partial charge in [0.05, 0.1) is 10.6 Å². The van der Waals surface area contributed by atoms with Crippen molar-refractivity contribution in [2.45, 2.75) is 38.6 Å². The molecule has 130 valence electrons. The summed E-state index contributed by atoms with van der Waals surface area (Å²) >= 11 is 9.28. The van der Waals surface area contributed by atoms with Crippen LogP contribution in [0.5, 0.6) is 0 Å². The normalized spacial score (nSPS) is 26.2. The van der Waals surface area contributed by atoms with E-state index in [2.05, 4.69) is 28.2 Å². The van der Waals surface area contributed by atoms with Crippen LogP contribution in [0.3, 0.4) is 0 Å². The standard InChI is InChI=1S/C18H21BrClNO3/c1-10(14-7-11-2-3-12(14)6-11)21-17(22)9-24-18(23)15-8-13(19)4-5-16(15)20/h4-5,8,10-12,14H,2-3,6-7,9H2,1H3,(H,21,22)/t10-,11+,12+,14+/m1/s1. The Bertz CT molecular complexity index is 651. The Morgan fingerprint density at radius 1 is 1.38 bits per heavy atom. The summed E-state index contributed by atoms with van der Waals surface area (Å²) in [6.07, 6.45) is 5.14. The molecule has 0 saturated heterocycles. The van der Waals surface area contributed by atoms with Gasteiger partial charge in [0.25, 0.3) is 5.91 Å². The number of hydrogen-bond acceptors (Lipinski definition) is 3. The lowest BCUT2D eigenvalue weighted by atomic mass is 9.84. The fourth-order valence-electron chi connectivity index (χ4n) is 4.17. The second-order valence-electron chi connectivity index (χ2n) is 6.90. The summed E-state index contributed by atoms with van der Waals surface area (Å²) in [6.45, 7) is 1.77. The molecule has 1 N–H and O–H groups in total. The molecule has 1 aromatic carbocycles. The molecule has 2 saturated carbocycles. The molecule has 3 rings (SSSR count). The van der Waals surface area contributed by atoms with Crippen LogP contribution >= 0.6 is 27.5 Å². The topological polar surface area (TPSA) is 55.4 Å². The van der Waals surface area contributed by atoms with Gasteiger partial charge in [-0.1, -0.05) is 34.0 Å². The molecule has 24 heavy (non-hydrogen) atoms. The Balaban J connectivity index is 1.48. The van der Waals surface area contributed by atoms with Crippen LogP contribution in [-0.4, -0.2) is 24.5 Å². The third kappa shape index (κ3) is 3.94. The minimum Gasteiger partial charge on any atom is -0.452 e. The molecule has 0 aliphatic heterocycles. The molecule has 6 heteroatoms. The molecule has 0 radical (unpaired) electrons. The number of amides is 1. The SMILES string of the molecule is C[C@@H](NC(=O)COC(=O)c1cc(Br)ccc1Cl)[C@@H]1C[C@H]2CC[C@H]1C2. The summed E-state index contributed by atoms with van der Waals surface area (Å²) in [5.74, 6) is 1.29. The molecule has 0 unspecified atom stereocenters. The first-order valence-corrected chi connectivity index (χ1v) is 9.52. The molecule has 2 aliphatic carbocycles. The van der Waals surface area contributed by atoms with E-state index in [1.54, 1.807) is 18.2 Å². The Morgan fingerprint density at radius 3 is 2.83 bits per heavy atom. The van der Waals surface area contributed by atoms with Gasteiger partial charge in [-0.15, -0.1) is 0 Å². The van der Waals surface area contributed by atoms with Crippen LogP contribution in [0.25, 0.3) is 0 Å². The van der Waals surface area contributed by atoms with E-state index >= 15 is 0 Å². The van der Waals surface area contributed by atoms with Gasteiger partial charge in [-0.25, -0.2) is 4.79 Å². The molecule has 4 atom stereocenters. The summed E-state index contributed by atoms with van der Waals surface area (Å²) < 4.78 is 5.82. The van der Waals surface area contributed by atoms with E-state index in [1.807, 2.05) is 0 Å². The zero-order valence-electron chi connectivity index (χ0n) is 13.6. The molecule has 2 bridgehead atoms. The molecule has 0 aromatic heterocycles. The van der Waals surface area contributed by atoms with Gasteiger partial charge >= 0.3 is 5.97 Å². The number of rotatable bonds is 5. The second-order valence-corrected chi connectivity index (χ2v) is 8.22. The summed E-state index contributed by atoms with van der Waals surface area (Å²) in [6, 6.07) is 5.06. The van der Waals surface area contributed by atoms with E-state index in [0.29, 0.717) is 10.9 Å². The number of fused-ring (bicyclic) bond motifs is 2. The van der Waals surface area contributed by atoms with Crippen molar-refractivity contribution in [2.24, 2.45) is 17.8 Å². The van der Waals surface area contributed by atoms with Crippen molar-refractivity contribution in [1.82, 2.24) is 5.32 Å². The average Bonchev–Trinajstić information content (AvgIpc) is 3.18. The maximum atomic E-state index is 12.1. The van der Waals surface area contributed by atoms with Crippen LogP contribution in [0.15, 0.2) is 22.7 Å². The molecule has 2 fully saturated rings. The van der Waals surface area contributed by atoms with Crippen LogP contribution < -0.4 is 5.32 Å². The highest BCUT2D eigenvalue weighted by Gasteiger charge is 2.42. The van der Waals surface area contributed by atoms with E-state index < -0.39 is 5.97 Å². The van der Waals surface area contributed by atoms with Crippen molar-refractivity contribution >= 4 is 39.4 Å². The van der Waals surface area contributed by atoms with Crippen LogP contribution in [0.4, 0.5) is 0 Å². The first-order chi connectivity index (χ1) is 11.4. The summed E-state index contributed by atoms with van der Waals surface area (Å²) in [4.78, 5) is 24.1. The minimum absolute atomic E-state index is 0.126. The average molecular weight is 415 g/mol. The van der Waals surface area contributed by atoms with Gasteiger partial charge in [-0.3, -0.25) is 4.79 Å². The lowest BCUT2D eigenvalue weighted by Crippen LogP contribution is -2.42. The van der Waals surface area contributed by atoms with Gasteiger partial charge in [0, 0.05) is 10.5 Å². The predicted molar refractivity (Wildman–Crippen MR) is 96.0 cm³/mol. The van der Waals surface area contributed by atoms with E-state index in [0.717, 1.165) is 16.3 Å². The largest absolute Gasteiger partial charge is 0.452 e. The highest BCUT2D eigenvalue weighted by Crippen LogP contribution is 2.49. The van der Waals surface area contributed by atoms with Crippen LogP contribution in [0.2, 0.25) is 5.02 Å².